The SMILES string of the molecule is CN1C(=O)[C@@](O)([C@H](C[N+](=O)[O-])c2ccccc2)c2ccccc21. The lowest BCUT2D eigenvalue weighted by molar-refractivity contribution is -0.486. The minimum atomic E-state index is -1.94. The normalized spacial score (nSPS) is 21.1. The molecule has 0 saturated heterocycles. The molecule has 23 heavy (non-hydrogen) atoms. The number of hydrogen-bond donors (Lipinski definition) is 1. The summed E-state index contributed by atoms with van der Waals surface area (Å²) in [5.41, 5.74) is -0.405. The third kappa shape index (κ3) is 2.27. The fourth-order valence-electron chi connectivity index (χ4n) is 3.22. The zero-order valence-electron chi connectivity index (χ0n) is 12.5. The van der Waals surface area contributed by atoms with Crippen molar-refractivity contribution in [2.24, 2.45) is 0 Å². The van der Waals surface area contributed by atoms with Crippen LogP contribution in [0.4, 0.5) is 5.69 Å². The summed E-state index contributed by atoms with van der Waals surface area (Å²) >= 11 is 0. The van der Waals surface area contributed by atoms with E-state index >= 15 is 0 Å². The van der Waals surface area contributed by atoms with Crippen LogP contribution in [0, 0.1) is 10.1 Å². The van der Waals surface area contributed by atoms with Crippen molar-refractivity contribution in [1.29, 1.82) is 0 Å². The predicted octanol–water partition coefficient (Wildman–Crippen LogP) is 1.91. The van der Waals surface area contributed by atoms with Gasteiger partial charge in [-0.25, -0.2) is 0 Å². The van der Waals surface area contributed by atoms with Crippen LogP contribution in [0.1, 0.15) is 17.0 Å². The molecule has 1 aliphatic heterocycles. The van der Waals surface area contributed by atoms with Crippen molar-refractivity contribution in [2.45, 2.75) is 11.5 Å². The predicted molar refractivity (Wildman–Crippen MR) is 84.8 cm³/mol. The quantitative estimate of drug-likeness (QED) is 0.690. The first kappa shape index (κ1) is 15.2. The molecule has 1 aliphatic rings. The number of nitro groups is 1. The van der Waals surface area contributed by atoms with Crippen molar-refractivity contribution >= 4 is 11.6 Å². The second-order valence-electron chi connectivity index (χ2n) is 5.63. The number of amides is 1. The van der Waals surface area contributed by atoms with Crippen LogP contribution in [0.5, 0.6) is 0 Å². The second-order valence-corrected chi connectivity index (χ2v) is 5.63. The van der Waals surface area contributed by atoms with Crippen LogP contribution in [-0.4, -0.2) is 29.5 Å². The number of aliphatic hydroxyl groups is 1. The Balaban J connectivity index is 2.19. The Hall–Kier alpha value is -2.73. The van der Waals surface area contributed by atoms with Gasteiger partial charge in [0.2, 0.25) is 6.54 Å². The minimum Gasteiger partial charge on any atom is -0.375 e. The molecule has 0 unspecified atom stereocenters. The van der Waals surface area contributed by atoms with Crippen LogP contribution in [0.3, 0.4) is 0 Å². The van der Waals surface area contributed by atoms with Crippen molar-refractivity contribution in [2.75, 3.05) is 18.5 Å². The van der Waals surface area contributed by atoms with E-state index in [2.05, 4.69) is 0 Å². The Morgan fingerprint density at radius 3 is 2.43 bits per heavy atom. The Kier molecular flexibility index (Phi) is 3.61. The van der Waals surface area contributed by atoms with E-state index in [-0.39, 0.29) is 0 Å². The lowest BCUT2D eigenvalue weighted by atomic mass is 9.78. The molecular weight excluding hydrogens is 296 g/mol. The fraction of sp³-hybridized carbons (Fsp3) is 0.235. The van der Waals surface area contributed by atoms with Gasteiger partial charge in [0.15, 0.2) is 5.60 Å². The van der Waals surface area contributed by atoms with Crippen molar-refractivity contribution in [3.63, 3.8) is 0 Å². The number of benzene rings is 2. The van der Waals surface area contributed by atoms with E-state index in [4.69, 9.17) is 0 Å². The molecule has 2 aromatic rings. The number of likely N-dealkylation sites (N-methyl/N-ethyl adjacent to an activating group) is 1. The first-order valence-electron chi connectivity index (χ1n) is 7.23. The third-order valence-electron chi connectivity index (χ3n) is 4.34. The molecule has 118 valence electrons. The molecule has 0 bridgehead atoms. The molecule has 0 radical (unpaired) electrons. The van der Waals surface area contributed by atoms with Gasteiger partial charge in [0.25, 0.3) is 5.91 Å². The van der Waals surface area contributed by atoms with Crippen molar-refractivity contribution in [3.8, 4) is 0 Å². The second kappa shape index (κ2) is 5.48. The number of hydrogen-bond acceptors (Lipinski definition) is 4. The highest BCUT2D eigenvalue weighted by Crippen LogP contribution is 2.47. The maximum Gasteiger partial charge on any atom is 0.264 e. The summed E-state index contributed by atoms with van der Waals surface area (Å²) in [6.45, 7) is -0.533. The van der Waals surface area contributed by atoms with Crippen LogP contribution >= 0.6 is 0 Å². The average Bonchev–Trinajstić information content (AvgIpc) is 2.76. The molecular formula is C17H16N2O4. The summed E-state index contributed by atoms with van der Waals surface area (Å²) in [4.78, 5) is 24.7. The maximum absolute atomic E-state index is 12.7. The van der Waals surface area contributed by atoms with Crippen molar-refractivity contribution in [1.82, 2.24) is 0 Å². The molecule has 0 spiro atoms. The van der Waals surface area contributed by atoms with Gasteiger partial charge in [0, 0.05) is 17.5 Å². The Bertz CT molecular complexity index is 762. The van der Waals surface area contributed by atoms with E-state index in [1.165, 1.54) is 4.90 Å². The van der Waals surface area contributed by atoms with Gasteiger partial charge in [0.05, 0.1) is 11.6 Å². The first-order chi connectivity index (χ1) is 11.0. The Morgan fingerprint density at radius 1 is 1.17 bits per heavy atom. The lowest BCUT2D eigenvalue weighted by Crippen LogP contribution is -2.45. The van der Waals surface area contributed by atoms with Crippen LogP contribution in [0.25, 0.3) is 0 Å². The van der Waals surface area contributed by atoms with E-state index < -0.39 is 28.9 Å². The number of anilines is 1. The topological polar surface area (TPSA) is 83.7 Å². The van der Waals surface area contributed by atoms with Gasteiger partial charge in [-0.3, -0.25) is 14.9 Å². The van der Waals surface area contributed by atoms with Gasteiger partial charge >= 0.3 is 0 Å². The highest BCUT2D eigenvalue weighted by atomic mass is 16.6. The average molecular weight is 312 g/mol. The zero-order valence-corrected chi connectivity index (χ0v) is 12.5. The van der Waals surface area contributed by atoms with Gasteiger partial charge in [0.1, 0.15) is 0 Å². The molecule has 6 nitrogen and oxygen atoms in total. The highest BCUT2D eigenvalue weighted by molar-refractivity contribution is 6.07. The smallest absolute Gasteiger partial charge is 0.264 e. The number of carbonyl (C=O) groups excluding carboxylic acids is 1. The number of nitrogens with zero attached hydrogens (tertiary/aromatic N) is 2. The van der Waals surface area contributed by atoms with E-state index in [1.54, 1.807) is 61.6 Å². The summed E-state index contributed by atoms with van der Waals surface area (Å²) in [5.74, 6) is -1.51. The highest BCUT2D eigenvalue weighted by Gasteiger charge is 2.55. The van der Waals surface area contributed by atoms with Gasteiger partial charge in [-0.2, -0.15) is 0 Å². The molecule has 2 atom stereocenters. The summed E-state index contributed by atoms with van der Waals surface area (Å²) in [6, 6.07) is 15.5. The first-order valence-corrected chi connectivity index (χ1v) is 7.23. The number of carbonyl (C=O) groups is 1. The molecule has 2 aromatic carbocycles. The standard InChI is InChI=1S/C17H16N2O4/c1-18-15-10-6-5-9-13(15)17(21,16(18)20)14(11-19(22)23)12-7-3-2-4-8-12/h2-10,14,21H,11H2,1H3/t14-,17+/m1/s1. The number of fused-ring (bicyclic) bond motifs is 1. The maximum atomic E-state index is 12.7. The molecule has 3 rings (SSSR count). The van der Waals surface area contributed by atoms with Crippen molar-refractivity contribution in [3.05, 3.63) is 75.8 Å². The Labute approximate surface area is 133 Å². The zero-order chi connectivity index (χ0) is 16.6. The van der Waals surface area contributed by atoms with Crippen molar-refractivity contribution < 1.29 is 14.8 Å². The third-order valence-corrected chi connectivity index (χ3v) is 4.34. The lowest BCUT2D eigenvalue weighted by Gasteiger charge is -2.29. The summed E-state index contributed by atoms with van der Waals surface area (Å²) in [7, 11) is 1.56. The molecule has 0 saturated carbocycles. The molecule has 1 heterocycles. The van der Waals surface area contributed by atoms with Gasteiger partial charge in [-0.1, -0.05) is 48.5 Å². The van der Waals surface area contributed by atoms with E-state index in [0.29, 0.717) is 16.8 Å². The fourth-order valence-corrected chi connectivity index (χ4v) is 3.22. The minimum absolute atomic E-state index is 0.406. The van der Waals surface area contributed by atoms with Crippen LogP contribution in [-0.2, 0) is 10.4 Å². The Morgan fingerprint density at radius 2 is 1.78 bits per heavy atom. The van der Waals surface area contributed by atoms with Gasteiger partial charge in [-0.15, -0.1) is 0 Å². The molecule has 1 amide bonds. The summed E-state index contributed by atoms with van der Waals surface area (Å²) in [5, 5.41) is 22.4. The molecule has 0 fully saturated rings. The largest absolute Gasteiger partial charge is 0.375 e. The summed E-state index contributed by atoms with van der Waals surface area (Å²) < 4.78 is 0. The monoisotopic (exact) mass is 312 g/mol. The molecule has 0 aliphatic carbocycles. The molecule has 1 N–H and O–H groups in total. The van der Waals surface area contributed by atoms with Crippen LogP contribution in [0.2, 0.25) is 0 Å². The van der Waals surface area contributed by atoms with E-state index in [9.17, 15) is 20.0 Å². The van der Waals surface area contributed by atoms with E-state index in [0.717, 1.165) is 0 Å². The number of rotatable bonds is 4. The molecule has 6 heteroatoms. The van der Waals surface area contributed by atoms with Crippen LogP contribution in [0.15, 0.2) is 54.6 Å². The summed E-state index contributed by atoms with van der Waals surface area (Å²) in [6.07, 6.45) is 0. The van der Waals surface area contributed by atoms with Gasteiger partial charge < -0.3 is 10.0 Å². The van der Waals surface area contributed by atoms with E-state index in [1.807, 2.05) is 0 Å². The van der Waals surface area contributed by atoms with Gasteiger partial charge in [-0.05, 0) is 11.6 Å². The number of para-hydroxylation sites is 1. The molecule has 0 aromatic heterocycles. The van der Waals surface area contributed by atoms with Crippen LogP contribution < -0.4 is 4.90 Å².